The first-order chi connectivity index (χ1) is 16.7. The van der Waals surface area contributed by atoms with Gasteiger partial charge in [0.15, 0.2) is 0 Å². The number of aliphatic hydroxyl groups excluding tert-OH is 2. The minimum Gasteiger partial charge on any atom is -0.491 e. The van der Waals surface area contributed by atoms with Gasteiger partial charge < -0.3 is 25.3 Å². The second-order valence-corrected chi connectivity index (χ2v) is 7.60. The molecule has 0 saturated carbocycles. The summed E-state index contributed by atoms with van der Waals surface area (Å²) < 4.78 is 59.4. The number of nitrogens with zero attached hydrogens (tertiary/aromatic N) is 1. The van der Waals surface area contributed by atoms with Crippen molar-refractivity contribution in [2.75, 3.05) is 18.5 Å². The zero-order valence-corrected chi connectivity index (χ0v) is 17.9. The fraction of sp³-hybridized carbons (Fsp3) is 0.167. The predicted molar refractivity (Wildman–Crippen MR) is 119 cm³/mol. The number of fused-ring (bicyclic) bond motifs is 1. The van der Waals surface area contributed by atoms with E-state index in [1.54, 1.807) is 36.4 Å². The van der Waals surface area contributed by atoms with Gasteiger partial charge >= 0.3 is 6.18 Å². The second-order valence-electron chi connectivity index (χ2n) is 7.60. The normalized spacial score (nSPS) is 12.5. The Hall–Kier alpha value is -3.96. The SMILES string of the molecule is O=C(Nc1ccc(OCC(O)CO)cc1)c1cccc2[nH]c(-c3cc(F)ccc3C(F)(F)F)nc12. The molecule has 0 aliphatic carbocycles. The van der Waals surface area contributed by atoms with Crippen LogP contribution in [-0.2, 0) is 6.18 Å². The molecule has 1 heterocycles. The van der Waals surface area contributed by atoms with E-state index in [1.165, 1.54) is 6.07 Å². The first kappa shape index (κ1) is 24.2. The fourth-order valence-electron chi connectivity index (χ4n) is 3.38. The number of nitrogens with one attached hydrogen (secondary N) is 2. The Morgan fingerprint density at radius 1 is 1.11 bits per heavy atom. The lowest BCUT2D eigenvalue weighted by molar-refractivity contribution is -0.137. The van der Waals surface area contributed by atoms with Gasteiger partial charge in [0, 0.05) is 11.3 Å². The molecular weight excluding hydrogens is 470 g/mol. The molecular formula is C24H19F4N3O4. The van der Waals surface area contributed by atoms with Gasteiger partial charge in [-0.2, -0.15) is 13.2 Å². The van der Waals surface area contributed by atoms with Crippen LogP contribution in [0.3, 0.4) is 0 Å². The topological polar surface area (TPSA) is 107 Å². The van der Waals surface area contributed by atoms with Gasteiger partial charge in [0.2, 0.25) is 0 Å². The van der Waals surface area contributed by atoms with Crippen LogP contribution in [0.1, 0.15) is 15.9 Å². The minimum absolute atomic E-state index is 0.0985. The van der Waals surface area contributed by atoms with Crippen LogP contribution in [0.4, 0.5) is 23.2 Å². The molecule has 4 N–H and O–H groups in total. The standard InChI is InChI=1S/C24H19F4N3O4/c25-13-4-9-19(24(26,27)28)18(10-13)22-30-20-3-1-2-17(21(20)31-22)23(34)29-14-5-7-16(8-6-14)35-12-15(33)11-32/h1-10,15,32-33H,11-12H2,(H,29,34)(H,30,31). The number of aliphatic hydroxyl groups is 2. The Morgan fingerprint density at radius 3 is 2.54 bits per heavy atom. The highest BCUT2D eigenvalue weighted by Crippen LogP contribution is 2.37. The minimum atomic E-state index is -4.73. The lowest BCUT2D eigenvalue weighted by atomic mass is 10.1. The zero-order valence-electron chi connectivity index (χ0n) is 17.9. The zero-order chi connectivity index (χ0) is 25.2. The van der Waals surface area contributed by atoms with E-state index in [2.05, 4.69) is 15.3 Å². The maximum Gasteiger partial charge on any atom is 0.417 e. The quantitative estimate of drug-likeness (QED) is 0.289. The number of benzene rings is 3. The number of aromatic nitrogens is 2. The van der Waals surface area contributed by atoms with E-state index < -0.39 is 41.7 Å². The third-order valence-electron chi connectivity index (χ3n) is 5.06. The molecule has 0 fully saturated rings. The number of hydrogen-bond donors (Lipinski definition) is 4. The summed E-state index contributed by atoms with van der Waals surface area (Å²) >= 11 is 0. The average Bonchev–Trinajstić information content (AvgIpc) is 3.27. The fourth-order valence-corrected chi connectivity index (χ4v) is 3.38. The van der Waals surface area contributed by atoms with Crippen LogP contribution >= 0.6 is 0 Å². The van der Waals surface area contributed by atoms with Crippen molar-refractivity contribution in [1.82, 2.24) is 9.97 Å². The summed E-state index contributed by atoms with van der Waals surface area (Å²) in [5.74, 6) is -1.23. The van der Waals surface area contributed by atoms with Crippen LogP contribution in [0.2, 0.25) is 0 Å². The number of halogens is 4. The van der Waals surface area contributed by atoms with Gasteiger partial charge in [0.25, 0.3) is 5.91 Å². The summed E-state index contributed by atoms with van der Waals surface area (Å²) in [5.41, 5.74) is -0.602. The van der Waals surface area contributed by atoms with E-state index in [4.69, 9.17) is 9.84 Å². The third kappa shape index (κ3) is 5.42. The van der Waals surface area contributed by atoms with Crippen molar-refractivity contribution in [2.45, 2.75) is 12.3 Å². The van der Waals surface area contributed by atoms with E-state index in [0.717, 1.165) is 12.1 Å². The molecule has 0 bridgehead atoms. The number of carbonyl (C=O) groups is 1. The molecule has 4 aromatic rings. The third-order valence-corrected chi connectivity index (χ3v) is 5.06. The number of amides is 1. The number of imidazole rings is 1. The molecule has 7 nitrogen and oxygen atoms in total. The summed E-state index contributed by atoms with van der Waals surface area (Å²) in [6.45, 7) is -0.543. The molecule has 0 spiro atoms. The van der Waals surface area contributed by atoms with Crippen molar-refractivity contribution in [3.05, 3.63) is 77.6 Å². The Labute approximate surface area is 196 Å². The second kappa shape index (κ2) is 9.72. The summed E-state index contributed by atoms with van der Waals surface area (Å²) in [6, 6.07) is 12.9. The molecule has 1 unspecified atom stereocenters. The van der Waals surface area contributed by atoms with E-state index in [1.807, 2.05) is 0 Å². The lowest BCUT2D eigenvalue weighted by Gasteiger charge is -2.11. The molecule has 1 aromatic heterocycles. The van der Waals surface area contributed by atoms with Gasteiger partial charge in [-0.05, 0) is 54.6 Å². The summed E-state index contributed by atoms with van der Waals surface area (Å²) in [5, 5.41) is 20.8. The number of aromatic amines is 1. The average molecular weight is 489 g/mol. The highest BCUT2D eigenvalue weighted by Gasteiger charge is 2.34. The number of hydrogen-bond acceptors (Lipinski definition) is 5. The van der Waals surface area contributed by atoms with E-state index in [-0.39, 0.29) is 23.5 Å². The lowest BCUT2D eigenvalue weighted by Crippen LogP contribution is -2.21. The molecule has 4 rings (SSSR count). The van der Waals surface area contributed by atoms with Crippen molar-refractivity contribution < 1.29 is 37.3 Å². The van der Waals surface area contributed by atoms with Crippen LogP contribution in [-0.4, -0.2) is 45.4 Å². The maximum atomic E-state index is 13.8. The van der Waals surface area contributed by atoms with Crippen molar-refractivity contribution >= 4 is 22.6 Å². The molecule has 3 aromatic carbocycles. The molecule has 35 heavy (non-hydrogen) atoms. The number of H-pyrrole nitrogens is 1. The number of rotatable bonds is 7. The molecule has 1 atom stereocenters. The monoisotopic (exact) mass is 489 g/mol. The number of carbonyl (C=O) groups excluding carboxylic acids is 1. The van der Waals surface area contributed by atoms with Gasteiger partial charge in [-0.25, -0.2) is 9.37 Å². The molecule has 0 aliphatic heterocycles. The van der Waals surface area contributed by atoms with E-state index in [0.29, 0.717) is 23.0 Å². The molecule has 0 radical (unpaired) electrons. The van der Waals surface area contributed by atoms with Crippen LogP contribution in [0.15, 0.2) is 60.7 Å². The summed E-state index contributed by atoms with van der Waals surface area (Å²) in [4.78, 5) is 19.8. The molecule has 11 heteroatoms. The van der Waals surface area contributed by atoms with Gasteiger partial charge in [-0.1, -0.05) is 6.07 Å². The Bertz CT molecular complexity index is 1350. The van der Waals surface area contributed by atoms with Crippen LogP contribution in [0.25, 0.3) is 22.4 Å². The molecule has 0 saturated heterocycles. The molecule has 0 aliphatic rings. The van der Waals surface area contributed by atoms with Gasteiger partial charge in [0.1, 0.15) is 35.6 Å². The molecule has 182 valence electrons. The van der Waals surface area contributed by atoms with Crippen molar-refractivity contribution in [3.8, 4) is 17.1 Å². The van der Waals surface area contributed by atoms with Gasteiger partial charge in [-0.15, -0.1) is 0 Å². The first-order valence-electron chi connectivity index (χ1n) is 10.3. The van der Waals surface area contributed by atoms with Crippen molar-refractivity contribution in [2.24, 2.45) is 0 Å². The Morgan fingerprint density at radius 2 is 1.86 bits per heavy atom. The molecule has 1 amide bonds. The number of alkyl halides is 3. The number of anilines is 1. The van der Waals surface area contributed by atoms with E-state index >= 15 is 0 Å². The predicted octanol–water partition coefficient (Wildman–Crippen LogP) is 4.37. The summed E-state index contributed by atoms with van der Waals surface area (Å²) in [6.07, 6.45) is -5.75. The maximum absolute atomic E-state index is 13.8. The first-order valence-corrected chi connectivity index (χ1v) is 10.3. The van der Waals surface area contributed by atoms with Crippen LogP contribution < -0.4 is 10.1 Å². The number of para-hydroxylation sites is 1. The van der Waals surface area contributed by atoms with Crippen molar-refractivity contribution in [1.29, 1.82) is 0 Å². The van der Waals surface area contributed by atoms with E-state index in [9.17, 15) is 27.5 Å². The number of ether oxygens (including phenoxy) is 1. The largest absolute Gasteiger partial charge is 0.491 e. The van der Waals surface area contributed by atoms with Gasteiger partial charge in [0.05, 0.1) is 23.3 Å². The highest BCUT2D eigenvalue weighted by molar-refractivity contribution is 6.11. The van der Waals surface area contributed by atoms with Crippen molar-refractivity contribution in [3.63, 3.8) is 0 Å². The smallest absolute Gasteiger partial charge is 0.417 e. The Balaban J connectivity index is 1.60. The highest BCUT2D eigenvalue weighted by atomic mass is 19.4. The van der Waals surface area contributed by atoms with Crippen LogP contribution in [0.5, 0.6) is 5.75 Å². The van der Waals surface area contributed by atoms with Crippen LogP contribution in [0, 0.1) is 5.82 Å². The summed E-state index contributed by atoms with van der Waals surface area (Å²) in [7, 11) is 0. The Kier molecular flexibility index (Phi) is 6.72. The van der Waals surface area contributed by atoms with Gasteiger partial charge in [-0.3, -0.25) is 4.79 Å².